The second-order valence-corrected chi connectivity index (χ2v) is 9.10. The van der Waals surface area contributed by atoms with E-state index in [4.69, 9.17) is 4.74 Å². The van der Waals surface area contributed by atoms with Gasteiger partial charge in [0.25, 0.3) is 0 Å². The summed E-state index contributed by atoms with van der Waals surface area (Å²) < 4.78 is 8.10. The molecule has 2 aromatic carbocycles. The van der Waals surface area contributed by atoms with Crippen LogP contribution in [0, 0.1) is 20.8 Å². The largest absolute Gasteiger partial charge is 0.373 e. The van der Waals surface area contributed by atoms with Crippen LogP contribution in [0.4, 0.5) is 5.69 Å². The molecule has 176 valence electrons. The lowest BCUT2D eigenvalue weighted by Crippen LogP contribution is -2.40. The summed E-state index contributed by atoms with van der Waals surface area (Å²) >= 11 is 0. The Labute approximate surface area is 196 Å². The number of aromatic nitrogens is 2. The second-order valence-electron chi connectivity index (χ2n) is 9.10. The lowest BCUT2D eigenvalue weighted by atomic mass is 9.96. The first kappa shape index (κ1) is 23.5. The van der Waals surface area contributed by atoms with E-state index in [0.717, 1.165) is 60.6 Å². The van der Waals surface area contributed by atoms with Crippen molar-refractivity contribution in [1.82, 2.24) is 14.5 Å². The summed E-state index contributed by atoms with van der Waals surface area (Å²) in [4.78, 5) is 20.1. The predicted molar refractivity (Wildman–Crippen MR) is 134 cm³/mol. The Balaban J connectivity index is 1.47. The summed E-state index contributed by atoms with van der Waals surface area (Å²) in [6, 6.07) is 12.8. The van der Waals surface area contributed by atoms with E-state index in [1.807, 2.05) is 23.6 Å². The van der Waals surface area contributed by atoms with Crippen LogP contribution in [0.2, 0.25) is 0 Å². The number of nitrogens with zero attached hydrogens (tertiary/aromatic N) is 3. The number of ether oxygens (including phenoxy) is 1. The molecule has 2 heterocycles. The SMILES string of the molecule is CCN(CC)[C@@H]1CCO[C@H](c2cccc(NC(=O)Cn3c(C)nc4cc(C)c(C)cc43)c2)C1. The van der Waals surface area contributed by atoms with E-state index in [-0.39, 0.29) is 18.6 Å². The highest BCUT2D eigenvalue weighted by atomic mass is 16.5. The Morgan fingerprint density at radius 2 is 1.91 bits per heavy atom. The fraction of sp³-hybridized carbons (Fsp3) is 0.481. The number of carbonyl (C=O) groups excluding carboxylic acids is 1. The fourth-order valence-corrected chi connectivity index (χ4v) is 4.94. The molecule has 6 nitrogen and oxygen atoms in total. The third-order valence-electron chi connectivity index (χ3n) is 6.98. The zero-order chi connectivity index (χ0) is 23.5. The van der Waals surface area contributed by atoms with Gasteiger partial charge in [0, 0.05) is 18.3 Å². The summed E-state index contributed by atoms with van der Waals surface area (Å²) in [5.41, 5.74) is 6.27. The molecule has 1 aliphatic rings. The normalized spacial score (nSPS) is 18.7. The molecule has 6 heteroatoms. The van der Waals surface area contributed by atoms with Crippen LogP contribution >= 0.6 is 0 Å². The van der Waals surface area contributed by atoms with Crippen molar-refractivity contribution in [3.05, 3.63) is 58.9 Å². The third kappa shape index (κ3) is 5.12. The fourth-order valence-electron chi connectivity index (χ4n) is 4.94. The monoisotopic (exact) mass is 448 g/mol. The first-order valence-electron chi connectivity index (χ1n) is 12.1. The van der Waals surface area contributed by atoms with Crippen molar-refractivity contribution in [2.45, 2.75) is 66.2 Å². The number of hydrogen-bond donors (Lipinski definition) is 1. The van der Waals surface area contributed by atoms with Crippen molar-refractivity contribution in [1.29, 1.82) is 0 Å². The molecule has 1 N–H and O–H groups in total. The van der Waals surface area contributed by atoms with Gasteiger partial charge < -0.3 is 19.5 Å². The van der Waals surface area contributed by atoms with E-state index in [2.05, 4.69) is 67.2 Å². The van der Waals surface area contributed by atoms with Crippen LogP contribution in [0.5, 0.6) is 0 Å². The van der Waals surface area contributed by atoms with Crippen molar-refractivity contribution in [3.63, 3.8) is 0 Å². The van der Waals surface area contributed by atoms with E-state index >= 15 is 0 Å². The molecule has 1 saturated heterocycles. The summed E-state index contributed by atoms with van der Waals surface area (Å²) in [6.07, 6.45) is 2.12. The summed E-state index contributed by atoms with van der Waals surface area (Å²) in [5.74, 6) is 0.787. The highest BCUT2D eigenvalue weighted by Gasteiger charge is 2.27. The number of rotatable bonds is 7. The molecule has 1 aromatic heterocycles. The van der Waals surface area contributed by atoms with Crippen LogP contribution in [0.1, 0.15) is 55.3 Å². The lowest BCUT2D eigenvalue weighted by molar-refractivity contribution is -0.116. The molecule has 0 saturated carbocycles. The van der Waals surface area contributed by atoms with Gasteiger partial charge in [-0.2, -0.15) is 0 Å². The molecule has 0 unspecified atom stereocenters. The van der Waals surface area contributed by atoms with E-state index in [1.165, 1.54) is 11.1 Å². The minimum atomic E-state index is -0.0571. The van der Waals surface area contributed by atoms with Crippen molar-refractivity contribution in [2.24, 2.45) is 0 Å². The topological polar surface area (TPSA) is 59.4 Å². The first-order valence-corrected chi connectivity index (χ1v) is 12.1. The lowest BCUT2D eigenvalue weighted by Gasteiger charge is -2.36. The number of aryl methyl sites for hydroxylation is 3. The number of imidazole rings is 1. The summed E-state index contributed by atoms with van der Waals surface area (Å²) in [5, 5.41) is 3.08. The smallest absolute Gasteiger partial charge is 0.244 e. The number of carbonyl (C=O) groups is 1. The van der Waals surface area contributed by atoms with Crippen molar-refractivity contribution < 1.29 is 9.53 Å². The van der Waals surface area contributed by atoms with Gasteiger partial charge in [0.05, 0.1) is 17.1 Å². The van der Waals surface area contributed by atoms with Gasteiger partial charge in [-0.1, -0.05) is 26.0 Å². The Morgan fingerprint density at radius 3 is 2.67 bits per heavy atom. The number of nitrogens with one attached hydrogen (secondary N) is 1. The van der Waals surface area contributed by atoms with Gasteiger partial charge in [0.2, 0.25) is 5.91 Å². The predicted octanol–water partition coefficient (Wildman–Crippen LogP) is 5.16. The maximum Gasteiger partial charge on any atom is 0.244 e. The van der Waals surface area contributed by atoms with Gasteiger partial charge in [0.1, 0.15) is 12.4 Å². The van der Waals surface area contributed by atoms with Gasteiger partial charge in [-0.25, -0.2) is 4.98 Å². The van der Waals surface area contributed by atoms with Crippen LogP contribution in [-0.2, 0) is 16.1 Å². The van der Waals surface area contributed by atoms with E-state index in [9.17, 15) is 4.79 Å². The molecule has 1 aliphatic heterocycles. The Bertz CT molecular complexity index is 1130. The standard InChI is InChI=1S/C27H36N4O2/c1-6-30(7-2)23-11-12-33-26(16-23)21-9-8-10-22(15-21)29-27(32)17-31-20(5)28-24-13-18(3)19(4)14-25(24)31/h8-10,13-15,23,26H,6-7,11-12,16-17H2,1-5H3,(H,29,32)/t23-,26+/m1/s1. The Morgan fingerprint density at radius 1 is 1.15 bits per heavy atom. The van der Waals surface area contributed by atoms with Crippen molar-refractivity contribution in [3.8, 4) is 0 Å². The quantitative estimate of drug-likeness (QED) is 0.542. The van der Waals surface area contributed by atoms with E-state index in [1.54, 1.807) is 0 Å². The van der Waals surface area contributed by atoms with Crippen LogP contribution in [-0.4, -0.2) is 46.1 Å². The van der Waals surface area contributed by atoms with Crippen LogP contribution < -0.4 is 5.32 Å². The van der Waals surface area contributed by atoms with Crippen LogP contribution in [0.15, 0.2) is 36.4 Å². The van der Waals surface area contributed by atoms with E-state index in [0.29, 0.717) is 6.04 Å². The molecular formula is C27H36N4O2. The first-order chi connectivity index (χ1) is 15.9. The van der Waals surface area contributed by atoms with Gasteiger partial charge in [-0.05, 0) is 87.7 Å². The van der Waals surface area contributed by atoms with Gasteiger partial charge in [-0.3, -0.25) is 4.79 Å². The highest BCUT2D eigenvalue weighted by Crippen LogP contribution is 2.32. The van der Waals surface area contributed by atoms with Crippen LogP contribution in [0.25, 0.3) is 11.0 Å². The molecule has 0 bridgehead atoms. The molecule has 0 radical (unpaired) electrons. The Kier molecular flexibility index (Phi) is 7.15. The summed E-state index contributed by atoms with van der Waals surface area (Å²) in [6.45, 7) is 13.7. The van der Waals surface area contributed by atoms with Crippen LogP contribution in [0.3, 0.4) is 0 Å². The number of hydrogen-bond acceptors (Lipinski definition) is 4. The minimum absolute atomic E-state index is 0.0571. The zero-order valence-electron chi connectivity index (χ0n) is 20.5. The highest BCUT2D eigenvalue weighted by molar-refractivity contribution is 5.92. The maximum atomic E-state index is 12.9. The minimum Gasteiger partial charge on any atom is -0.373 e. The Hall–Kier alpha value is -2.70. The molecule has 0 aliphatic carbocycles. The molecule has 3 aromatic rings. The molecular weight excluding hydrogens is 412 g/mol. The number of benzene rings is 2. The second kappa shape index (κ2) is 10.1. The average Bonchev–Trinajstić information content (AvgIpc) is 3.09. The molecule has 1 amide bonds. The summed E-state index contributed by atoms with van der Waals surface area (Å²) in [7, 11) is 0. The number of anilines is 1. The molecule has 0 spiro atoms. The van der Waals surface area contributed by atoms with Gasteiger partial charge in [0.15, 0.2) is 0 Å². The molecule has 4 rings (SSSR count). The van der Waals surface area contributed by atoms with Crippen molar-refractivity contribution in [2.75, 3.05) is 25.0 Å². The average molecular weight is 449 g/mol. The van der Waals surface area contributed by atoms with Gasteiger partial charge >= 0.3 is 0 Å². The molecule has 2 atom stereocenters. The van der Waals surface area contributed by atoms with E-state index < -0.39 is 0 Å². The number of amides is 1. The molecule has 1 fully saturated rings. The maximum absolute atomic E-state index is 12.9. The number of fused-ring (bicyclic) bond motifs is 1. The van der Waals surface area contributed by atoms with Crippen molar-refractivity contribution >= 4 is 22.6 Å². The zero-order valence-corrected chi connectivity index (χ0v) is 20.5. The third-order valence-corrected chi connectivity index (χ3v) is 6.98. The van der Waals surface area contributed by atoms with Gasteiger partial charge in [-0.15, -0.1) is 0 Å². The molecule has 33 heavy (non-hydrogen) atoms.